The van der Waals surface area contributed by atoms with Crippen LogP contribution in [-0.2, 0) is 0 Å². The number of pyridine rings is 1. The monoisotopic (exact) mass is 337 g/mol. The second-order valence-electron chi connectivity index (χ2n) is 3.59. The average molecular weight is 338 g/mol. The van der Waals surface area contributed by atoms with Gasteiger partial charge in [0, 0.05) is 24.4 Å². The van der Waals surface area contributed by atoms with Crippen molar-refractivity contribution in [1.29, 1.82) is 5.26 Å². The second-order valence-corrected chi connectivity index (χ2v) is 4.44. The van der Waals surface area contributed by atoms with Crippen LogP contribution in [0.15, 0.2) is 34.9 Å². The molecule has 0 saturated heterocycles. The van der Waals surface area contributed by atoms with Crippen molar-refractivity contribution in [2.24, 2.45) is 0 Å². The van der Waals surface area contributed by atoms with Gasteiger partial charge in [0.25, 0.3) is 0 Å². The molecule has 0 aliphatic rings. The quantitative estimate of drug-likeness (QED) is 0.631. The van der Waals surface area contributed by atoms with Crippen LogP contribution in [0, 0.1) is 27.3 Å². The van der Waals surface area contributed by atoms with Crippen LogP contribution in [0.5, 0.6) is 11.6 Å². The zero-order valence-corrected chi connectivity index (χ0v) is 11.3. The highest BCUT2D eigenvalue weighted by Crippen LogP contribution is 2.34. The van der Waals surface area contributed by atoms with E-state index in [0.717, 1.165) is 12.1 Å². The molecular weight excluding hydrogens is 333 g/mol. The fraction of sp³-hybridized carbons (Fsp3) is 0. The van der Waals surface area contributed by atoms with Crippen LogP contribution in [0.3, 0.4) is 0 Å². The first kappa shape index (κ1) is 13.9. The van der Waals surface area contributed by atoms with Gasteiger partial charge in [0.1, 0.15) is 11.9 Å². The first-order valence-electron chi connectivity index (χ1n) is 5.18. The van der Waals surface area contributed by atoms with E-state index in [2.05, 4.69) is 20.9 Å². The van der Waals surface area contributed by atoms with Crippen molar-refractivity contribution in [3.05, 3.63) is 56.4 Å². The molecule has 0 bridgehead atoms. The molecule has 0 N–H and O–H groups in total. The molecule has 0 aliphatic carbocycles. The van der Waals surface area contributed by atoms with Crippen LogP contribution >= 0.6 is 15.9 Å². The summed E-state index contributed by atoms with van der Waals surface area (Å²) in [6, 6.07) is 6.57. The lowest BCUT2D eigenvalue weighted by Crippen LogP contribution is -1.96. The van der Waals surface area contributed by atoms with E-state index in [9.17, 15) is 14.5 Å². The maximum Gasteiger partial charge on any atom is 0.312 e. The molecule has 0 unspecified atom stereocenters. The Morgan fingerprint density at radius 3 is 2.75 bits per heavy atom. The standard InChI is InChI=1S/C12H5BrFN3O3/c13-8-3-10(17(18)19)11(4-9(8)14)20-12-2-1-7(5-15)6-16-12/h1-4,6H. The first-order chi connectivity index (χ1) is 9.51. The molecule has 2 aromatic rings. The second kappa shape index (κ2) is 5.63. The van der Waals surface area contributed by atoms with E-state index >= 15 is 0 Å². The van der Waals surface area contributed by atoms with E-state index in [1.165, 1.54) is 18.3 Å². The fourth-order valence-electron chi connectivity index (χ4n) is 1.36. The van der Waals surface area contributed by atoms with Gasteiger partial charge >= 0.3 is 5.69 Å². The Balaban J connectivity index is 2.39. The van der Waals surface area contributed by atoms with E-state index in [0.29, 0.717) is 5.56 Å². The number of hydrogen-bond donors (Lipinski definition) is 0. The summed E-state index contributed by atoms with van der Waals surface area (Å²) < 4.78 is 18.6. The molecule has 100 valence electrons. The SMILES string of the molecule is N#Cc1ccc(Oc2cc(F)c(Br)cc2[N+](=O)[O-])nc1. The van der Waals surface area contributed by atoms with Crippen molar-refractivity contribution in [1.82, 2.24) is 4.98 Å². The summed E-state index contributed by atoms with van der Waals surface area (Å²) in [5, 5.41) is 19.5. The lowest BCUT2D eigenvalue weighted by Gasteiger charge is -2.06. The van der Waals surface area contributed by atoms with Gasteiger partial charge in [0.2, 0.25) is 11.6 Å². The molecule has 0 saturated carbocycles. The van der Waals surface area contributed by atoms with E-state index in [-0.39, 0.29) is 16.1 Å². The van der Waals surface area contributed by atoms with Crippen molar-refractivity contribution in [2.45, 2.75) is 0 Å². The molecule has 0 aliphatic heterocycles. The third-order valence-corrected chi connectivity index (χ3v) is 2.89. The number of nitriles is 1. The minimum absolute atomic E-state index is 0.0221. The molecule has 8 heteroatoms. The molecule has 0 fully saturated rings. The first-order valence-corrected chi connectivity index (χ1v) is 5.98. The van der Waals surface area contributed by atoms with Gasteiger partial charge in [-0.05, 0) is 22.0 Å². The number of hydrogen-bond acceptors (Lipinski definition) is 5. The topological polar surface area (TPSA) is 89.0 Å². The number of halogens is 2. The van der Waals surface area contributed by atoms with Crippen LogP contribution in [-0.4, -0.2) is 9.91 Å². The molecule has 20 heavy (non-hydrogen) atoms. The van der Waals surface area contributed by atoms with Crippen molar-refractivity contribution in [2.75, 3.05) is 0 Å². The van der Waals surface area contributed by atoms with Crippen molar-refractivity contribution in [3.63, 3.8) is 0 Å². The minimum atomic E-state index is -0.695. The number of nitro benzene ring substituents is 1. The Kier molecular flexibility index (Phi) is 3.91. The minimum Gasteiger partial charge on any atom is -0.432 e. The normalized spacial score (nSPS) is 9.85. The highest BCUT2D eigenvalue weighted by atomic mass is 79.9. The van der Waals surface area contributed by atoms with Crippen LogP contribution in [0.25, 0.3) is 0 Å². The molecule has 0 atom stereocenters. The molecule has 1 heterocycles. The van der Waals surface area contributed by atoms with Crippen molar-refractivity contribution < 1.29 is 14.1 Å². The third-order valence-electron chi connectivity index (χ3n) is 2.28. The zero-order valence-electron chi connectivity index (χ0n) is 9.71. The number of nitrogens with zero attached hydrogens (tertiary/aromatic N) is 3. The predicted octanol–water partition coefficient (Wildman–Crippen LogP) is 3.56. The van der Waals surface area contributed by atoms with Gasteiger partial charge in [0.15, 0.2) is 0 Å². The smallest absolute Gasteiger partial charge is 0.312 e. The van der Waals surface area contributed by atoms with E-state index < -0.39 is 16.4 Å². The largest absolute Gasteiger partial charge is 0.432 e. The Morgan fingerprint density at radius 1 is 1.45 bits per heavy atom. The van der Waals surface area contributed by atoms with Gasteiger partial charge in [-0.1, -0.05) is 0 Å². The Morgan fingerprint density at radius 2 is 2.20 bits per heavy atom. The Bertz CT molecular complexity index is 713. The van der Waals surface area contributed by atoms with Gasteiger partial charge in [0.05, 0.1) is 15.0 Å². The van der Waals surface area contributed by atoms with Crippen molar-refractivity contribution in [3.8, 4) is 17.7 Å². The van der Waals surface area contributed by atoms with E-state index in [1.807, 2.05) is 6.07 Å². The number of nitro groups is 1. The summed E-state index contributed by atoms with van der Waals surface area (Å²) in [7, 11) is 0. The van der Waals surface area contributed by atoms with Crippen LogP contribution in [0.2, 0.25) is 0 Å². The predicted molar refractivity (Wildman–Crippen MR) is 69.8 cm³/mol. The Labute approximate surface area is 120 Å². The molecule has 0 spiro atoms. The van der Waals surface area contributed by atoms with Gasteiger partial charge < -0.3 is 4.74 Å². The van der Waals surface area contributed by atoms with Crippen LogP contribution in [0.1, 0.15) is 5.56 Å². The molecule has 1 aromatic heterocycles. The van der Waals surface area contributed by atoms with Crippen LogP contribution < -0.4 is 4.74 Å². The summed E-state index contributed by atoms with van der Waals surface area (Å²) in [5.74, 6) is -0.944. The third kappa shape index (κ3) is 2.89. The van der Waals surface area contributed by atoms with Gasteiger partial charge in [-0.25, -0.2) is 9.37 Å². The highest BCUT2D eigenvalue weighted by molar-refractivity contribution is 9.10. The maximum atomic E-state index is 13.4. The van der Waals surface area contributed by atoms with Crippen molar-refractivity contribution >= 4 is 21.6 Å². The zero-order chi connectivity index (χ0) is 14.7. The fourth-order valence-corrected chi connectivity index (χ4v) is 1.69. The molecule has 6 nitrogen and oxygen atoms in total. The Hall–Kier alpha value is -2.53. The highest BCUT2D eigenvalue weighted by Gasteiger charge is 2.20. The van der Waals surface area contributed by atoms with E-state index in [4.69, 9.17) is 10.00 Å². The number of benzene rings is 1. The van der Waals surface area contributed by atoms with E-state index in [1.54, 1.807) is 0 Å². The summed E-state index contributed by atoms with van der Waals surface area (Å²) >= 11 is 2.87. The summed E-state index contributed by atoms with van der Waals surface area (Å²) in [6.07, 6.45) is 1.25. The van der Waals surface area contributed by atoms with Crippen LogP contribution in [0.4, 0.5) is 10.1 Å². The number of ether oxygens (including phenoxy) is 1. The summed E-state index contributed by atoms with van der Waals surface area (Å²) in [5.41, 5.74) is -0.0849. The number of rotatable bonds is 3. The van der Waals surface area contributed by atoms with Gasteiger partial charge in [-0.2, -0.15) is 5.26 Å². The number of aromatic nitrogens is 1. The summed E-state index contributed by atoms with van der Waals surface area (Å²) in [4.78, 5) is 14.0. The van der Waals surface area contributed by atoms with Gasteiger partial charge in [-0.15, -0.1) is 0 Å². The average Bonchev–Trinajstić information content (AvgIpc) is 2.43. The molecule has 2 rings (SSSR count). The molecule has 0 radical (unpaired) electrons. The lowest BCUT2D eigenvalue weighted by atomic mass is 10.3. The molecule has 0 amide bonds. The lowest BCUT2D eigenvalue weighted by molar-refractivity contribution is -0.385. The molecule has 1 aromatic carbocycles. The summed E-state index contributed by atoms with van der Waals surface area (Å²) in [6.45, 7) is 0. The maximum absolute atomic E-state index is 13.4. The molecular formula is C12H5BrFN3O3. The van der Waals surface area contributed by atoms with Gasteiger partial charge in [-0.3, -0.25) is 10.1 Å².